The minimum absolute atomic E-state index is 0.0187. The maximum atomic E-state index is 13.1. The summed E-state index contributed by atoms with van der Waals surface area (Å²) in [6, 6.07) is 9.32. The van der Waals surface area contributed by atoms with Crippen LogP contribution in [0.2, 0.25) is 0 Å². The van der Waals surface area contributed by atoms with E-state index in [0.717, 1.165) is 17.0 Å². The molecular weight excluding hydrogens is 469 g/mol. The number of aliphatic hydroxyl groups is 1. The Morgan fingerprint density at radius 3 is 2.29 bits per heavy atom. The fraction of sp³-hybridized carbons (Fsp3) is 0.174. The number of amides is 1. The van der Waals surface area contributed by atoms with Gasteiger partial charge in [0.15, 0.2) is 5.82 Å². The van der Waals surface area contributed by atoms with Crippen molar-refractivity contribution in [3.63, 3.8) is 0 Å². The van der Waals surface area contributed by atoms with Gasteiger partial charge in [-0.15, -0.1) is 18.3 Å². The number of aliphatic hydroxyl groups excluding tert-OH is 1. The van der Waals surface area contributed by atoms with Gasteiger partial charge in [-0.3, -0.25) is 14.5 Å². The predicted octanol–water partition coefficient (Wildman–Crippen LogP) is 3.71. The van der Waals surface area contributed by atoms with Gasteiger partial charge in [-0.2, -0.15) is 5.10 Å². The number of nitrogens with zero attached hydrogens (tertiary/aromatic N) is 4. The highest BCUT2D eigenvalue weighted by atomic mass is 19.4. The summed E-state index contributed by atoms with van der Waals surface area (Å²) < 4.78 is 46.6. The number of pyridine rings is 1. The number of carbonyl (C=O) groups is 2. The maximum absolute atomic E-state index is 13.1. The van der Waals surface area contributed by atoms with Crippen LogP contribution in [-0.4, -0.2) is 45.5 Å². The number of hydrogen-bond acceptors (Lipinski definition) is 8. The molecule has 12 heteroatoms. The van der Waals surface area contributed by atoms with Crippen molar-refractivity contribution in [1.29, 1.82) is 0 Å². The van der Waals surface area contributed by atoms with E-state index in [4.69, 9.17) is 4.74 Å². The third kappa shape index (κ3) is 4.76. The lowest BCUT2D eigenvalue weighted by Gasteiger charge is -2.24. The number of rotatable bonds is 5. The van der Waals surface area contributed by atoms with Gasteiger partial charge in [0.25, 0.3) is 5.78 Å². The van der Waals surface area contributed by atoms with Crippen molar-refractivity contribution >= 4 is 23.3 Å². The number of Topliss-reactive ketones (excluding diaryl/α,β-unsaturated/α-hetero) is 1. The molecule has 1 N–H and O–H groups in total. The van der Waals surface area contributed by atoms with E-state index in [0.29, 0.717) is 5.69 Å². The zero-order valence-electron chi connectivity index (χ0n) is 18.3. The Balaban J connectivity index is 1.86. The van der Waals surface area contributed by atoms with Crippen LogP contribution in [0.1, 0.15) is 22.9 Å². The molecule has 1 aromatic carbocycles. The first-order valence-electron chi connectivity index (χ1n) is 10.1. The van der Waals surface area contributed by atoms with E-state index in [-0.39, 0.29) is 28.4 Å². The van der Waals surface area contributed by atoms with Gasteiger partial charge in [-0.1, -0.05) is 12.1 Å². The topological polar surface area (TPSA) is 115 Å². The molecule has 0 radical (unpaired) electrons. The fourth-order valence-corrected chi connectivity index (χ4v) is 3.55. The van der Waals surface area contributed by atoms with Crippen LogP contribution in [0.3, 0.4) is 0 Å². The number of halogens is 3. The van der Waals surface area contributed by atoms with Crippen molar-refractivity contribution in [3.05, 3.63) is 77.1 Å². The van der Waals surface area contributed by atoms with Gasteiger partial charge in [-0.05, 0) is 42.8 Å². The van der Waals surface area contributed by atoms with Crippen molar-refractivity contribution in [2.75, 3.05) is 12.0 Å². The highest BCUT2D eigenvalue weighted by Crippen LogP contribution is 2.42. The van der Waals surface area contributed by atoms with Crippen molar-refractivity contribution < 1.29 is 37.3 Å². The Morgan fingerprint density at radius 2 is 1.74 bits per heavy atom. The minimum Gasteiger partial charge on any atom is -0.507 e. The average molecular weight is 486 g/mol. The molecule has 1 atom stereocenters. The first-order chi connectivity index (χ1) is 16.6. The number of anilines is 1. The molecule has 0 aliphatic carbocycles. The molecule has 0 saturated carbocycles. The van der Waals surface area contributed by atoms with E-state index in [1.54, 1.807) is 13.0 Å². The maximum Gasteiger partial charge on any atom is 0.573 e. The van der Waals surface area contributed by atoms with Crippen molar-refractivity contribution in [1.82, 2.24) is 15.2 Å². The molecule has 9 nitrogen and oxygen atoms in total. The summed E-state index contributed by atoms with van der Waals surface area (Å²) in [5, 5.41) is 18.9. The number of carbonyl (C=O) groups excluding carboxylic acids is 2. The highest BCUT2D eigenvalue weighted by molar-refractivity contribution is 6.51. The predicted molar refractivity (Wildman–Crippen MR) is 115 cm³/mol. The largest absolute Gasteiger partial charge is 0.573 e. The van der Waals surface area contributed by atoms with E-state index in [2.05, 4.69) is 19.9 Å². The molecule has 1 amide bonds. The van der Waals surface area contributed by atoms with Crippen LogP contribution in [0, 0.1) is 6.92 Å². The molecule has 3 heterocycles. The van der Waals surface area contributed by atoms with E-state index < -0.39 is 35.6 Å². The lowest BCUT2D eigenvalue weighted by Crippen LogP contribution is -2.30. The van der Waals surface area contributed by atoms with Crippen LogP contribution in [0.25, 0.3) is 5.76 Å². The molecular formula is C23H17F3N4O5. The molecule has 1 fully saturated rings. The molecule has 3 aromatic rings. The summed E-state index contributed by atoms with van der Waals surface area (Å²) in [6.07, 6.45) is -3.64. The van der Waals surface area contributed by atoms with Gasteiger partial charge < -0.3 is 14.6 Å². The monoisotopic (exact) mass is 486 g/mol. The Kier molecular flexibility index (Phi) is 6.12. The van der Waals surface area contributed by atoms with E-state index >= 15 is 0 Å². The number of ether oxygens (including phenoxy) is 2. The number of methoxy groups -OCH3 is 1. The summed E-state index contributed by atoms with van der Waals surface area (Å²) in [6.45, 7) is 1.68. The Morgan fingerprint density at radius 1 is 1.03 bits per heavy atom. The van der Waals surface area contributed by atoms with Gasteiger partial charge in [-0.25, -0.2) is 4.98 Å². The molecule has 1 aliphatic heterocycles. The number of aromatic nitrogens is 3. The molecule has 1 saturated heterocycles. The normalized spacial score (nSPS) is 17.5. The van der Waals surface area contributed by atoms with Crippen LogP contribution >= 0.6 is 0 Å². The third-order valence-electron chi connectivity index (χ3n) is 5.12. The van der Waals surface area contributed by atoms with Crippen LogP contribution < -0.4 is 14.4 Å². The second kappa shape index (κ2) is 9.05. The second-order valence-electron chi connectivity index (χ2n) is 7.41. The molecule has 2 aromatic heterocycles. The van der Waals surface area contributed by atoms with E-state index in [1.165, 1.54) is 43.6 Å². The summed E-state index contributed by atoms with van der Waals surface area (Å²) in [5.41, 5.74) is 0.610. The first kappa shape index (κ1) is 23.7. The van der Waals surface area contributed by atoms with Crippen LogP contribution in [0.4, 0.5) is 19.0 Å². The van der Waals surface area contributed by atoms with Gasteiger partial charge in [0.05, 0.1) is 24.4 Å². The molecule has 35 heavy (non-hydrogen) atoms. The molecule has 180 valence electrons. The van der Waals surface area contributed by atoms with E-state index in [1.807, 2.05) is 0 Å². The molecule has 0 bridgehead atoms. The van der Waals surface area contributed by atoms with Gasteiger partial charge in [0.2, 0.25) is 5.88 Å². The lowest BCUT2D eigenvalue weighted by molar-refractivity contribution is -0.274. The van der Waals surface area contributed by atoms with Gasteiger partial charge >= 0.3 is 12.3 Å². The second-order valence-corrected chi connectivity index (χ2v) is 7.41. The van der Waals surface area contributed by atoms with E-state index in [9.17, 15) is 27.9 Å². The first-order valence-corrected chi connectivity index (χ1v) is 10.1. The Labute approximate surface area is 196 Å². The van der Waals surface area contributed by atoms with Crippen molar-refractivity contribution in [3.8, 4) is 11.6 Å². The van der Waals surface area contributed by atoms with Gasteiger partial charge in [0.1, 0.15) is 11.5 Å². The standard InChI is InChI=1S/C23H17F3N4O5/c1-12-3-9-16(29-28-12)30-19(13-4-7-15(8-5-13)35-23(24,25)26)18(21(32)22(30)33)20(31)14-6-10-17(34-2)27-11-14/h3-11,19,31H,1-2H3. The Bertz CT molecular complexity index is 1290. The molecule has 0 spiro atoms. The molecule has 4 rings (SSSR count). The number of benzene rings is 1. The number of ketones is 1. The summed E-state index contributed by atoms with van der Waals surface area (Å²) >= 11 is 0. The summed E-state index contributed by atoms with van der Waals surface area (Å²) in [5.74, 6) is -2.75. The smallest absolute Gasteiger partial charge is 0.507 e. The zero-order chi connectivity index (χ0) is 25.3. The average Bonchev–Trinajstić information content (AvgIpc) is 3.09. The SMILES string of the molecule is COc1ccc(C(O)=C2C(=O)C(=O)N(c3ccc(C)nn3)C2c2ccc(OC(F)(F)F)cc2)cn1. The van der Waals surface area contributed by atoms with Crippen molar-refractivity contribution in [2.24, 2.45) is 0 Å². The van der Waals surface area contributed by atoms with Crippen molar-refractivity contribution in [2.45, 2.75) is 19.3 Å². The molecule has 1 unspecified atom stereocenters. The van der Waals surface area contributed by atoms with Gasteiger partial charge in [0, 0.05) is 17.8 Å². The van der Waals surface area contributed by atoms with Crippen LogP contribution in [-0.2, 0) is 9.59 Å². The molecule has 1 aliphatic rings. The van der Waals surface area contributed by atoms with Crippen LogP contribution in [0.5, 0.6) is 11.6 Å². The highest BCUT2D eigenvalue weighted by Gasteiger charge is 2.47. The zero-order valence-corrected chi connectivity index (χ0v) is 18.3. The number of aryl methyl sites for hydroxylation is 1. The minimum atomic E-state index is -4.89. The quantitative estimate of drug-likeness (QED) is 0.330. The third-order valence-corrected chi connectivity index (χ3v) is 5.12. The Hall–Kier alpha value is -4.48. The van der Waals surface area contributed by atoms with Crippen LogP contribution in [0.15, 0.2) is 60.3 Å². The lowest BCUT2D eigenvalue weighted by atomic mass is 9.95. The summed E-state index contributed by atoms with van der Waals surface area (Å²) in [7, 11) is 1.40. The number of hydrogen-bond donors (Lipinski definition) is 1. The number of alkyl halides is 3. The summed E-state index contributed by atoms with van der Waals surface area (Å²) in [4.78, 5) is 31.1. The fourth-order valence-electron chi connectivity index (χ4n) is 3.55.